The van der Waals surface area contributed by atoms with E-state index in [9.17, 15) is 13.5 Å². The van der Waals surface area contributed by atoms with Crippen molar-refractivity contribution in [3.05, 3.63) is 53.6 Å². The molecule has 7 heteroatoms. The molecular weight excluding hydrogens is 342 g/mol. The molecule has 136 valence electrons. The number of hydrogen-bond donors (Lipinski definition) is 1. The van der Waals surface area contributed by atoms with Gasteiger partial charge in [-0.15, -0.1) is 0 Å². The van der Waals surface area contributed by atoms with Crippen LogP contribution in [0.25, 0.3) is 0 Å². The van der Waals surface area contributed by atoms with E-state index in [0.29, 0.717) is 17.1 Å². The zero-order valence-electron chi connectivity index (χ0n) is 14.6. The van der Waals surface area contributed by atoms with Gasteiger partial charge in [0, 0.05) is 19.2 Å². The lowest BCUT2D eigenvalue weighted by Crippen LogP contribution is -2.33. The summed E-state index contributed by atoms with van der Waals surface area (Å²) in [5.74, 6) is 0.811. The third-order valence-electron chi connectivity index (χ3n) is 3.85. The Morgan fingerprint density at radius 1 is 1.04 bits per heavy atom. The van der Waals surface area contributed by atoms with Gasteiger partial charge >= 0.3 is 0 Å². The highest BCUT2D eigenvalue weighted by atomic mass is 32.2. The average Bonchev–Trinajstić information content (AvgIpc) is 2.61. The number of nitrogens with zero attached hydrogens (tertiary/aromatic N) is 1. The van der Waals surface area contributed by atoms with Gasteiger partial charge in [0.15, 0.2) is 11.5 Å². The molecule has 0 amide bonds. The van der Waals surface area contributed by atoms with Gasteiger partial charge in [-0.1, -0.05) is 30.3 Å². The second-order valence-corrected chi connectivity index (χ2v) is 7.43. The van der Waals surface area contributed by atoms with E-state index in [-0.39, 0.29) is 24.6 Å². The van der Waals surface area contributed by atoms with Crippen LogP contribution in [0.2, 0.25) is 0 Å². The van der Waals surface area contributed by atoms with Crippen molar-refractivity contribution in [2.24, 2.45) is 0 Å². The van der Waals surface area contributed by atoms with E-state index in [4.69, 9.17) is 9.47 Å². The third kappa shape index (κ3) is 4.31. The first-order valence-corrected chi connectivity index (χ1v) is 9.25. The van der Waals surface area contributed by atoms with Crippen molar-refractivity contribution >= 4 is 10.0 Å². The van der Waals surface area contributed by atoms with Crippen LogP contribution in [0.3, 0.4) is 0 Å². The maximum atomic E-state index is 13.1. The van der Waals surface area contributed by atoms with Crippen molar-refractivity contribution in [3.8, 4) is 11.5 Å². The Morgan fingerprint density at radius 3 is 2.20 bits per heavy atom. The number of sulfonamides is 1. The van der Waals surface area contributed by atoms with Crippen LogP contribution in [0.5, 0.6) is 11.5 Å². The molecule has 6 nitrogen and oxygen atoms in total. The summed E-state index contributed by atoms with van der Waals surface area (Å²) >= 11 is 0. The number of benzene rings is 2. The molecule has 0 fully saturated rings. The van der Waals surface area contributed by atoms with Crippen LogP contribution in [0.1, 0.15) is 11.1 Å². The fourth-order valence-corrected chi connectivity index (χ4v) is 4.20. The second kappa shape index (κ2) is 8.33. The Morgan fingerprint density at radius 2 is 1.64 bits per heavy atom. The van der Waals surface area contributed by atoms with Gasteiger partial charge in [-0.3, -0.25) is 0 Å². The van der Waals surface area contributed by atoms with Crippen molar-refractivity contribution in [1.29, 1.82) is 0 Å². The maximum Gasteiger partial charge on any atom is 0.243 e. The predicted octanol–water partition coefficient (Wildman–Crippen LogP) is 2.20. The summed E-state index contributed by atoms with van der Waals surface area (Å²) < 4.78 is 38.0. The van der Waals surface area contributed by atoms with Gasteiger partial charge in [0.1, 0.15) is 0 Å². The Bertz CT molecular complexity index is 806. The number of aryl methyl sites for hydroxylation is 1. The standard InChI is InChI=1S/C18H23NO5S/c1-14-11-16(23-2)17(24-3)12-18(14)25(21,22)19(9-10-20)13-15-7-5-4-6-8-15/h4-8,11-12,20H,9-10,13H2,1-3H3. The van der Waals surface area contributed by atoms with E-state index in [1.54, 1.807) is 13.0 Å². The van der Waals surface area contributed by atoms with E-state index < -0.39 is 10.0 Å². The fraction of sp³-hybridized carbons (Fsp3) is 0.333. The molecule has 1 N–H and O–H groups in total. The van der Waals surface area contributed by atoms with Crippen molar-refractivity contribution < 1.29 is 23.0 Å². The summed E-state index contributed by atoms with van der Waals surface area (Å²) in [6.07, 6.45) is 0. The first-order chi connectivity index (χ1) is 11.9. The third-order valence-corrected chi connectivity index (χ3v) is 5.84. The van der Waals surface area contributed by atoms with E-state index in [1.807, 2.05) is 30.3 Å². The van der Waals surface area contributed by atoms with Gasteiger partial charge in [0.25, 0.3) is 0 Å². The molecule has 0 aliphatic carbocycles. The van der Waals surface area contributed by atoms with E-state index in [1.165, 1.54) is 24.6 Å². The molecule has 0 saturated heterocycles. The van der Waals surface area contributed by atoms with Gasteiger partial charge in [-0.25, -0.2) is 8.42 Å². The first kappa shape index (κ1) is 19.2. The number of aliphatic hydroxyl groups excluding tert-OH is 1. The SMILES string of the molecule is COc1cc(C)c(S(=O)(=O)N(CCO)Cc2ccccc2)cc1OC. The minimum atomic E-state index is -3.81. The summed E-state index contributed by atoms with van der Waals surface area (Å²) in [7, 11) is -0.856. The number of rotatable bonds is 8. The highest BCUT2D eigenvalue weighted by molar-refractivity contribution is 7.89. The molecule has 2 aromatic rings. The minimum absolute atomic E-state index is 0.00497. The van der Waals surface area contributed by atoms with Gasteiger partial charge in [0.05, 0.1) is 25.7 Å². The largest absolute Gasteiger partial charge is 0.493 e. The first-order valence-electron chi connectivity index (χ1n) is 7.81. The molecule has 0 aliphatic rings. The van der Waals surface area contributed by atoms with E-state index in [2.05, 4.69) is 0 Å². The zero-order chi connectivity index (χ0) is 18.4. The molecule has 2 aromatic carbocycles. The summed E-state index contributed by atoms with van der Waals surface area (Å²) in [6, 6.07) is 12.3. The van der Waals surface area contributed by atoms with Crippen LogP contribution < -0.4 is 9.47 Å². The molecule has 0 atom stereocenters. The van der Waals surface area contributed by atoms with Crippen LogP contribution in [-0.2, 0) is 16.6 Å². The molecule has 0 aliphatic heterocycles. The summed E-state index contributed by atoms with van der Waals surface area (Å²) in [5, 5.41) is 9.33. The lowest BCUT2D eigenvalue weighted by atomic mass is 10.2. The quantitative estimate of drug-likeness (QED) is 0.776. The number of methoxy groups -OCH3 is 2. The summed E-state index contributed by atoms with van der Waals surface area (Å²) in [5.41, 5.74) is 1.39. The molecule has 0 spiro atoms. The predicted molar refractivity (Wildman–Crippen MR) is 95.4 cm³/mol. The van der Waals surface area contributed by atoms with Crippen molar-refractivity contribution in [2.75, 3.05) is 27.4 Å². The molecule has 2 rings (SSSR count). The van der Waals surface area contributed by atoms with Gasteiger partial charge in [-0.2, -0.15) is 4.31 Å². The Hall–Kier alpha value is -2.09. The Balaban J connectivity index is 2.46. The monoisotopic (exact) mass is 365 g/mol. The van der Waals surface area contributed by atoms with Gasteiger partial charge in [0.2, 0.25) is 10.0 Å². The molecule has 0 saturated carbocycles. The summed E-state index contributed by atoms with van der Waals surface area (Å²) in [4.78, 5) is 0.134. The lowest BCUT2D eigenvalue weighted by Gasteiger charge is -2.23. The minimum Gasteiger partial charge on any atom is -0.493 e. The highest BCUT2D eigenvalue weighted by Crippen LogP contribution is 2.33. The number of ether oxygens (including phenoxy) is 2. The van der Waals surface area contributed by atoms with Crippen molar-refractivity contribution in [3.63, 3.8) is 0 Å². The zero-order valence-corrected chi connectivity index (χ0v) is 15.4. The van der Waals surface area contributed by atoms with Crippen LogP contribution in [0, 0.1) is 6.92 Å². The molecule has 0 bridgehead atoms. The maximum absolute atomic E-state index is 13.1. The smallest absolute Gasteiger partial charge is 0.243 e. The lowest BCUT2D eigenvalue weighted by molar-refractivity contribution is 0.251. The van der Waals surface area contributed by atoms with Gasteiger partial charge < -0.3 is 14.6 Å². The fourth-order valence-electron chi connectivity index (χ4n) is 2.56. The number of hydrogen-bond acceptors (Lipinski definition) is 5. The molecule has 25 heavy (non-hydrogen) atoms. The highest BCUT2D eigenvalue weighted by Gasteiger charge is 2.27. The second-order valence-electron chi connectivity index (χ2n) is 5.52. The van der Waals surface area contributed by atoms with Crippen molar-refractivity contribution in [2.45, 2.75) is 18.4 Å². The van der Waals surface area contributed by atoms with Gasteiger partial charge in [-0.05, 0) is 24.1 Å². The topological polar surface area (TPSA) is 76.1 Å². The normalized spacial score (nSPS) is 11.6. The molecule has 0 radical (unpaired) electrons. The van der Waals surface area contributed by atoms with Crippen LogP contribution in [0.15, 0.2) is 47.4 Å². The average molecular weight is 365 g/mol. The van der Waals surface area contributed by atoms with E-state index >= 15 is 0 Å². The molecule has 0 aromatic heterocycles. The van der Waals surface area contributed by atoms with Crippen molar-refractivity contribution in [1.82, 2.24) is 4.31 Å². The molecule has 0 heterocycles. The Kier molecular flexibility index (Phi) is 6.41. The number of aliphatic hydroxyl groups is 1. The Labute approximate surface area is 148 Å². The molecule has 0 unspecified atom stereocenters. The van der Waals surface area contributed by atoms with Crippen LogP contribution in [-0.4, -0.2) is 45.2 Å². The van der Waals surface area contributed by atoms with E-state index in [0.717, 1.165) is 5.56 Å². The molecular formula is C18H23NO5S. The van der Waals surface area contributed by atoms with Crippen LogP contribution in [0.4, 0.5) is 0 Å². The summed E-state index contributed by atoms with van der Waals surface area (Å²) in [6.45, 7) is 1.62. The van der Waals surface area contributed by atoms with Crippen LogP contribution >= 0.6 is 0 Å².